The number of nitrogens with zero attached hydrogens (tertiary/aromatic N) is 1. The van der Waals surface area contributed by atoms with E-state index in [1.807, 2.05) is 11.3 Å². The van der Waals surface area contributed by atoms with Crippen molar-refractivity contribution in [3.05, 3.63) is 9.75 Å². The van der Waals surface area contributed by atoms with Gasteiger partial charge in [0.05, 0.1) is 0 Å². The van der Waals surface area contributed by atoms with Crippen molar-refractivity contribution in [3.63, 3.8) is 0 Å². The fraction of sp³-hybridized carbons (Fsp3) is 0.667. The van der Waals surface area contributed by atoms with Crippen molar-refractivity contribution < 1.29 is 4.74 Å². The summed E-state index contributed by atoms with van der Waals surface area (Å²) < 4.78 is 8.59. The van der Waals surface area contributed by atoms with Crippen LogP contribution >= 0.6 is 11.3 Å². The molecule has 0 N–H and O–H groups in total. The number of rotatable bonds is 7. The molecule has 2 rings (SSSR count). The Balaban J connectivity index is 1.99. The SMILES string of the molecule is CCCCC(CC)COc1nc2c(C)sc(C)c2[te]1. The van der Waals surface area contributed by atoms with Gasteiger partial charge in [-0.2, -0.15) is 0 Å². The summed E-state index contributed by atoms with van der Waals surface area (Å²) in [6.45, 7) is 9.78. The summed E-state index contributed by atoms with van der Waals surface area (Å²) in [7, 11) is 0. The standard InChI is InChI=1S/C15H23NOSTe/c1-5-7-8-12(6-2)9-17-15-16-13-10(3)18-11(4)14(13)19-15/h12H,5-9H2,1-4H3. The molecule has 0 bridgehead atoms. The van der Waals surface area contributed by atoms with Crippen LogP contribution in [0.1, 0.15) is 49.3 Å². The van der Waals surface area contributed by atoms with Crippen molar-refractivity contribution in [1.82, 2.24) is 4.98 Å². The minimum absolute atomic E-state index is 0.349. The fourth-order valence-corrected chi connectivity index (χ4v) is 6.49. The van der Waals surface area contributed by atoms with Crippen LogP contribution < -0.4 is 4.74 Å². The van der Waals surface area contributed by atoms with Gasteiger partial charge in [0.25, 0.3) is 0 Å². The van der Waals surface area contributed by atoms with Gasteiger partial charge in [-0.1, -0.05) is 0 Å². The number of thiophene rings is 1. The molecule has 2 aromatic rings. The molecule has 1 unspecified atom stereocenters. The average Bonchev–Trinajstić information content (AvgIpc) is 2.92. The molecular formula is C15H23NOSTe. The number of aryl methyl sites for hydroxylation is 2. The molecule has 2 heterocycles. The molecule has 0 amide bonds. The van der Waals surface area contributed by atoms with Crippen LogP contribution in [0.15, 0.2) is 0 Å². The zero-order valence-corrected chi connectivity index (χ0v) is 15.4. The van der Waals surface area contributed by atoms with E-state index in [4.69, 9.17) is 9.72 Å². The second kappa shape index (κ2) is 7.11. The van der Waals surface area contributed by atoms with Crippen molar-refractivity contribution in [1.29, 1.82) is 0 Å². The number of hydrogen-bond donors (Lipinski definition) is 0. The third kappa shape index (κ3) is 3.74. The second-order valence-electron chi connectivity index (χ2n) is 5.10. The maximum atomic E-state index is 6.02. The topological polar surface area (TPSA) is 22.1 Å². The molecule has 0 radical (unpaired) electrons. The van der Waals surface area contributed by atoms with Crippen LogP contribution in [0.5, 0.6) is 3.90 Å². The van der Waals surface area contributed by atoms with E-state index in [1.165, 1.54) is 44.4 Å². The number of hydrogen-bond acceptors (Lipinski definition) is 3. The molecule has 4 heteroatoms. The summed E-state index contributed by atoms with van der Waals surface area (Å²) in [5.74, 6) is 0.704. The van der Waals surface area contributed by atoms with E-state index in [9.17, 15) is 0 Å². The quantitative estimate of drug-likeness (QED) is 0.644. The molecule has 0 saturated carbocycles. The monoisotopic (exact) mass is 395 g/mol. The van der Waals surface area contributed by atoms with Gasteiger partial charge < -0.3 is 0 Å². The average molecular weight is 393 g/mol. The first kappa shape index (κ1) is 15.4. The Bertz CT molecular complexity index is 497. The molecule has 0 saturated heterocycles. The second-order valence-corrected chi connectivity index (χ2v) is 9.27. The third-order valence-electron chi connectivity index (χ3n) is 3.55. The van der Waals surface area contributed by atoms with E-state index in [2.05, 4.69) is 27.7 Å². The van der Waals surface area contributed by atoms with E-state index in [0.717, 1.165) is 10.5 Å². The van der Waals surface area contributed by atoms with Gasteiger partial charge >= 0.3 is 130 Å². The van der Waals surface area contributed by atoms with Crippen LogP contribution in [0.4, 0.5) is 0 Å². The molecule has 0 aliphatic rings. The predicted octanol–water partition coefficient (Wildman–Crippen LogP) is 4.57. The Hall–Kier alpha value is -0.0404. The van der Waals surface area contributed by atoms with Crippen LogP contribution in [-0.4, -0.2) is 32.0 Å². The molecule has 0 fully saturated rings. The van der Waals surface area contributed by atoms with Crippen LogP contribution in [0, 0.1) is 19.8 Å². The van der Waals surface area contributed by atoms with Crippen molar-refractivity contribution in [2.45, 2.75) is 53.4 Å². The first-order valence-electron chi connectivity index (χ1n) is 7.15. The minimum atomic E-state index is -0.349. The van der Waals surface area contributed by atoms with Gasteiger partial charge in [-0.25, -0.2) is 0 Å². The fourth-order valence-electron chi connectivity index (χ4n) is 2.25. The van der Waals surface area contributed by atoms with Crippen LogP contribution in [0.2, 0.25) is 0 Å². The summed E-state index contributed by atoms with van der Waals surface area (Å²) in [6.07, 6.45) is 5.10. The summed E-state index contributed by atoms with van der Waals surface area (Å²) in [5.41, 5.74) is 1.24. The Morgan fingerprint density at radius 2 is 2.05 bits per heavy atom. The molecule has 0 aliphatic heterocycles. The zero-order chi connectivity index (χ0) is 13.8. The van der Waals surface area contributed by atoms with Crippen LogP contribution in [-0.2, 0) is 0 Å². The molecule has 0 aliphatic carbocycles. The van der Waals surface area contributed by atoms with Crippen molar-refractivity contribution >= 4 is 40.7 Å². The molecule has 106 valence electrons. The van der Waals surface area contributed by atoms with Gasteiger partial charge in [0.15, 0.2) is 0 Å². The predicted molar refractivity (Wildman–Crippen MR) is 84.8 cm³/mol. The van der Waals surface area contributed by atoms with E-state index < -0.39 is 0 Å². The molecule has 19 heavy (non-hydrogen) atoms. The van der Waals surface area contributed by atoms with E-state index in [0.29, 0.717) is 5.92 Å². The maximum absolute atomic E-state index is 6.02. The van der Waals surface area contributed by atoms with Gasteiger partial charge in [0.1, 0.15) is 0 Å². The Morgan fingerprint density at radius 3 is 2.68 bits per heavy atom. The first-order chi connectivity index (χ1) is 9.15. The van der Waals surface area contributed by atoms with Crippen LogP contribution in [0.25, 0.3) is 8.92 Å². The van der Waals surface area contributed by atoms with Crippen molar-refractivity contribution in [3.8, 4) is 3.90 Å². The summed E-state index contributed by atoms with van der Waals surface area (Å²) in [6, 6.07) is 0. The first-order valence-corrected chi connectivity index (χ1v) is 10.3. The molecule has 2 aromatic heterocycles. The van der Waals surface area contributed by atoms with Gasteiger partial charge in [-0.3, -0.25) is 0 Å². The third-order valence-corrected chi connectivity index (χ3v) is 8.07. The van der Waals surface area contributed by atoms with E-state index >= 15 is 0 Å². The summed E-state index contributed by atoms with van der Waals surface area (Å²) in [4.78, 5) is 7.53. The summed E-state index contributed by atoms with van der Waals surface area (Å²) in [5, 5.41) is 0. The van der Waals surface area contributed by atoms with E-state index in [-0.39, 0.29) is 20.4 Å². The number of aromatic nitrogens is 1. The van der Waals surface area contributed by atoms with E-state index in [1.54, 1.807) is 0 Å². The molecule has 1 atom stereocenters. The Morgan fingerprint density at radius 1 is 1.26 bits per heavy atom. The van der Waals surface area contributed by atoms with Gasteiger partial charge in [-0.15, -0.1) is 0 Å². The number of unbranched alkanes of at least 4 members (excludes halogenated alkanes) is 1. The molecular weight excluding hydrogens is 370 g/mol. The van der Waals surface area contributed by atoms with Gasteiger partial charge in [0, 0.05) is 0 Å². The number of ether oxygens (including phenoxy) is 1. The molecule has 0 spiro atoms. The Labute approximate surface area is 129 Å². The number of fused-ring (bicyclic) bond motifs is 1. The van der Waals surface area contributed by atoms with Crippen molar-refractivity contribution in [2.24, 2.45) is 5.92 Å². The van der Waals surface area contributed by atoms with Crippen molar-refractivity contribution in [2.75, 3.05) is 6.61 Å². The van der Waals surface area contributed by atoms with Crippen LogP contribution in [0.3, 0.4) is 0 Å². The Kier molecular flexibility index (Phi) is 5.74. The molecule has 0 aromatic carbocycles. The molecule has 2 nitrogen and oxygen atoms in total. The van der Waals surface area contributed by atoms with Gasteiger partial charge in [0.2, 0.25) is 0 Å². The van der Waals surface area contributed by atoms with Gasteiger partial charge in [-0.05, 0) is 0 Å². The normalized spacial score (nSPS) is 13.1. The summed E-state index contributed by atoms with van der Waals surface area (Å²) >= 11 is 1.53. The zero-order valence-electron chi connectivity index (χ0n) is 12.3.